The van der Waals surface area contributed by atoms with Crippen LogP contribution >= 0.6 is 15.9 Å². The van der Waals surface area contributed by atoms with Gasteiger partial charge >= 0.3 is 0 Å². The lowest BCUT2D eigenvalue weighted by molar-refractivity contribution is -0.114. The van der Waals surface area contributed by atoms with E-state index in [0.29, 0.717) is 12.1 Å². The number of nitrogens with zero attached hydrogens (tertiary/aromatic N) is 1. The summed E-state index contributed by atoms with van der Waals surface area (Å²) in [6.07, 6.45) is 2.30. The molecule has 1 aromatic carbocycles. The molecule has 0 aliphatic heterocycles. The van der Waals surface area contributed by atoms with Gasteiger partial charge in [0.2, 0.25) is 0 Å². The molecule has 0 bridgehead atoms. The van der Waals surface area contributed by atoms with E-state index in [0.717, 1.165) is 23.0 Å². The number of ketones is 1. The lowest BCUT2D eigenvalue weighted by Crippen LogP contribution is -2.30. The molecule has 0 amide bonds. The topological polar surface area (TPSA) is 41.5 Å². The Balaban J connectivity index is 2.08. The van der Waals surface area contributed by atoms with Crippen LogP contribution in [0.2, 0.25) is 0 Å². The van der Waals surface area contributed by atoms with Gasteiger partial charge in [0.15, 0.2) is 5.78 Å². The van der Waals surface area contributed by atoms with E-state index in [9.17, 15) is 4.79 Å². The van der Waals surface area contributed by atoms with Crippen molar-refractivity contribution in [3.63, 3.8) is 0 Å². The Hall–Kier alpha value is -1.16. The summed E-state index contributed by atoms with van der Waals surface area (Å²) in [6.45, 7) is 4.35. The first kappa shape index (κ1) is 13.3. The molecule has 0 saturated heterocycles. The van der Waals surface area contributed by atoms with E-state index in [4.69, 9.17) is 0 Å². The van der Waals surface area contributed by atoms with Crippen LogP contribution < -0.4 is 5.43 Å². The van der Waals surface area contributed by atoms with Gasteiger partial charge in [0.1, 0.15) is 5.71 Å². The van der Waals surface area contributed by atoms with Crippen LogP contribution in [0.3, 0.4) is 0 Å². The minimum Gasteiger partial charge on any atom is -0.293 e. The summed E-state index contributed by atoms with van der Waals surface area (Å²) in [5, 5.41) is 4.26. The molecule has 1 aliphatic carbocycles. The zero-order valence-corrected chi connectivity index (χ0v) is 12.3. The van der Waals surface area contributed by atoms with E-state index in [2.05, 4.69) is 40.3 Å². The van der Waals surface area contributed by atoms with Crippen LogP contribution in [0, 0.1) is 5.41 Å². The van der Waals surface area contributed by atoms with Crippen LogP contribution in [0.5, 0.6) is 0 Å². The number of hydrogen-bond donors (Lipinski definition) is 1. The molecule has 1 N–H and O–H groups in total. The number of hydrogen-bond acceptors (Lipinski definition) is 3. The van der Waals surface area contributed by atoms with E-state index in [1.54, 1.807) is 0 Å². The van der Waals surface area contributed by atoms with E-state index in [-0.39, 0.29) is 11.2 Å². The third-order valence-corrected chi connectivity index (χ3v) is 3.69. The summed E-state index contributed by atoms with van der Waals surface area (Å²) < 4.78 is 1.02. The minimum absolute atomic E-state index is 0.166. The Labute approximate surface area is 116 Å². The fourth-order valence-corrected chi connectivity index (χ4v) is 2.26. The van der Waals surface area contributed by atoms with Crippen LogP contribution in [0.1, 0.15) is 33.1 Å². The number of nitrogens with one attached hydrogen (secondary N) is 1. The lowest BCUT2D eigenvalue weighted by Gasteiger charge is -2.29. The minimum atomic E-state index is 0.166. The molecule has 0 unspecified atom stereocenters. The first-order valence-electron chi connectivity index (χ1n) is 6.08. The smallest absolute Gasteiger partial charge is 0.178 e. The van der Waals surface area contributed by atoms with Crippen molar-refractivity contribution in [1.82, 2.24) is 0 Å². The van der Waals surface area contributed by atoms with Crippen LogP contribution in [0.25, 0.3) is 0 Å². The number of halogens is 1. The zero-order chi connectivity index (χ0) is 13.2. The van der Waals surface area contributed by atoms with Crippen molar-refractivity contribution in [1.29, 1.82) is 0 Å². The van der Waals surface area contributed by atoms with Crippen LogP contribution in [-0.4, -0.2) is 11.5 Å². The largest absolute Gasteiger partial charge is 0.293 e. The summed E-state index contributed by atoms with van der Waals surface area (Å²) in [5.74, 6) is 0.166. The molecule has 96 valence electrons. The second kappa shape index (κ2) is 5.22. The Kier molecular flexibility index (Phi) is 3.85. The van der Waals surface area contributed by atoms with Gasteiger partial charge in [0.05, 0.1) is 5.69 Å². The number of benzene rings is 1. The summed E-state index contributed by atoms with van der Waals surface area (Å²) in [6, 6.07) is 7.73. The third kappa shape index (κ3) is 3.42. The van der Waals surface area contributed by atoms with Crippen molar-refractivity contribution in [2.24, 2.45) is 10.5 Å². The van der Waals surface area contributed by atoms with Gasteiger partial charge < -0.3 is 0 Å². The quantitative estimate of drug-likeness (QED) is 0.839. The van der Waals surface area contributed by atoms with Crippen molar-refractivity contribution in [3.8, 4) is 0 Å². The number of anilines is 1. The zero-order valence-electron chi connectivity index (χ0n) is 10.7. The molecule has 1 aliphatic rings. The maximum Gasteiger partial charge on any atom is 0.178 e. The van der Waals surface area contributed by atoms with Crippen LogP contribution in [0.15, 0.2) is 33.8 Å². The van der Waals surface area contributed by atoms with E-state index >= 15 is 0 Å². The molecule has 0 atom stereocenters. The predicted molar refractivity (Wildman–Crippen MR) is 77.8 cm³/mol. The molecule has 0 radical (unpaired) electrons. The summed E-state index contributed by atoms with van der Waals surface area (Å²) >= 11 is 3.38. The van der Waals surface area contributed by atoms with Crippen LogP contribution in [-0.2, 0) is 4.79 Å². The molecule has 0 aromatic heterocycles. The molecule has 1 saturated carbocycles. The number of carbonyl (C=O) groups is 1. The van der Waals surface area contributed by atoms with Crippen molar-refractivity contribution < 1.29 is 4.79 Å². The fourth-order valence-electron chi connectivity index (χ4n) is 1.99. The molecule has 1 aromatic rings. The van der Waals surface area contributed by atoms with E-state index < -0.39 is 0 Å². The first-order chi connectivity index (χ1) is 8.46. The number of hydrazone groups is 1. The molecular weight excluding hydrogens is 292 g/mol. The van der Waals surface area contributed by atoms with Gasteiger partial charge in [-0.3, -0.25) is 10.2 Å². The van der Waals surface area contributed by atoms with Gasteiger partial charge in [-0.05, 0) is 36.1 Å². The van der Waals surface area contributed by atoms with Crippen molar-refractivity contribution >= 4 is 33.1 Å². The van der Waals surface area contributed by atoms with Crippen molar-refractivity contribution in [2.75, 3.05) is 5.43 Å². The highest BCUT2D eigenvalue weighted by molar-refractivity contribution is 9.10. The van der Waals surface area contributed by atoms with Gasteiger partial charge in [0.25, 0.3) is 0 Å². The van der Waals surface area contributed by atoms with E-state index in [1.807, 2.05) is 24.3 Å². The lowest BCUT2D eigenvalue weighted by atomic mass is 9.76. The maximum absolute atomic E-state index is 11.8. The average molecular weight is 309 g/mol. The summed E-state index contributed by atoms with van der Waals surface area (Å²) in [5.41, 5.74) is 4.68. The second-order valence-corrected chi connectivity index (χ2v) is 6.36. The molecule has 1 fully saturated rings. The molecular formula is C14H17BrN2O. The third-order valence-electron chi connectivity index (χ3n) is 3.16. The van der Waals surface area contributed by atoms with Crippen LogP contribution in [0.4, 0.5) is 5.69 Å². The first-order valence-corrected chi connectivity index (χ1v) is 6.87. The fraction of sp³-hybridized carbons (Fsp3) is 0.429. The van der Waals surface area contributed by atoms with Gasteiger partial charge in [-0.1, -0.05) is 29.8 Å². The highest BCUT2D eigenvalue weighted by atomic mass is 79.9. The number of Topliss-reactive ketones (excluding diaryl/α,β-unsaturated/α-hetero) is 1. The Morgan fingerprint density at radius 2 is 1.94 bits per heavy atom. The molecule has 3 nitrogen and oxygen atoms in total. The number of rotatable bonds is 2. The Morgan fingerprint density at radius 1 is 1.28 bits per heavy atom. The summed E-state index contributed by atoms with van der Waals surface area (Å²) in [4.78, 5) is 11.8. The average Bonchev–Trinajstić information content (AvgIpc) is 2.32. The molecule has 2 rings (SSSR count). The Morgan fingerprint density at radius 3 is 2.61 bits per heavy atom. The molecule has 18 heavy (non-hydrogen) atoms. The summed E-state index contributed by atoms with van der Waals surface area (Å²) in [7, 11) is 0. The van der Waals surface area contributed by atoms with E-state index in [1.165, 1.54) is 0 Å². The van der Waals surface area contributed by atoms with Gasteiger partial charge in [-0.15, -0.1) is 0 Å². The molecule has 0 heterocycles. The Bertz CT molecular complexity index is 477. The second-order valence-electron chi connectivity index (χ2n) is 5.44. The normalized spacial score (nSPS) is 21.1. The van der Waals surface area contributed by atoms with Gasteiger partial charge in [0, 0.05) is 17.3 Å². The molecule has 4 heteroatoms. The maximum atomic E-state index is 11.8. The van der Waals surface area contributed by atoms with Crippen molar-refractivity contribution in [3.05, 3.63) is 28.7 Å². The van der Waals surface area contributed by atoms with Crippen molar-refractivity contribution in [2.45, 2.75) is 33.1 Å². The van der Waals surface area contributed by atoms with Gasteiger partial charge in [-0.2, -0.15) is 5.10 Å². The number of carbonyl (C=O) groups excluding carboxylic acids is 1. The predicted octanol–water partition coefficient (Wildman–Crippen LogP) is 4.00. The highest BCUT2D eigenvalue weighted by Gasteiger charge is 2.30. The SMILES string of the molecule is CC1(C)CCC(=O)C(=NNc2ccc(Br)cc2)C1. The van der Waals surface area contributed by atoms with Gasteiger partial charge in [-0.25, -0.2) is 0 Å². The monoisotopic (exact) mass is 308 g/mol. The standard InChI is InChI=1S/C14H17BrN2O/c1-14(2)8-7-13(18)12(9-14)17-16-11-5-3-10(15)4-6-11/h3-6,16H,7-9H2,1-2H3. The highest BCUT2D eigenvalue weighted by Crippen LogP contribution is 2.32. The molecule has 0 spiro atoms.